The second kappa shape index (κ2) is 22.9. The van der Waals surface area contributed by atoms with E-state index in [-0.39, 0.29) is 36.3 Å². The first kappa shape index (κ1) is 19.2. The number of methoxy groups -OCH3 is 2. The van der Waals surface area contributed by atoms with Crippen LogP contribution in [0.3, 0.4) is 0 Å². The van der Waals surface area contributed by atoms with Gasteiger partial charge >= 0.3 is 23.1 Å². The van der Waals surface area contributed by atoms with Crippen LogP contribution in [0.25, 0.3) is 0 Å². The van der Waals surface area contributed by atoms with Gasteiger partial charge in [-0.25, -0.2) is 0 Å². The van der Waals surface area contributed by atoms with Crippen LogP contribution in [0, 0.1) is 0 Å². The summed E-state index contributed by atoms with van der Waals surface area (Å²) in [5.74, 6) is 0. The zero-order chi connectivity index (χ0) is 9.66. The van der Waals surface area contributed by atoms with E-state index in [1.807, 2.05) is 0 Å². The summed E-state index contributed by atoms with van der Waals surface area (Å²) in [4.78, 5) is 0. The van der Waals surface area contributed by atoms with Crippen LogP contribution in [0.5, 0.6) is 0 Å². The maximum Gasteiger partial charge on any atom is 2.00 e. The van der Waals surface area contributed by atoms with Crippen molar-refractivity contribution in [3.8, 4) is 0 Å². The molecule has 0 aromatic carbocycles. The van der Waals surface area contributed by atoms with Gasteiger partial charge < -0.3 is 19.7 Å². The van der Waals surface area contributed by atoms with Gasteiger partial charge in [-0.3, -0.25) is 0 Å². The molecule has 4 nitrogen and oxygen atoms in total. The van der Waals surface area contributed by atoms with Crippen molar-refractivity contribution in [2.45, 2.75) is 12.8 Å². The fourth-order valence-corrected chi connectivity index (χ4v) is 0.407. The molecule has 0 unspecified atom stereocenters. The third kappa shape index (κ3) is 32.5. The van der Waals surface area contributed by atoms with Crippen molar-refractivity contribution in [3.63, 3.8) is 0 Å². The summed E-state index contributed by atoms with van der Waals surface area (Å²) in [7, 11) is 3.19. The van der Waals surface area contributed by atoms with Gasteiger partial charge in [0.15, 0.2) is 0 Å². The quantitative estimate of drug-likeness (QED) is 0.384. The van der Waals surface area contributed by atoms with Crippen LogP contribution in [0.15, 0.2) is 0 Å². The molecule has 13 heavy (non-hydrogen) atoms. The molecule has 0 atom stereocenters. The topological polar surface area (TPSA) is 64.6 Å². The SMILES string of the molecule is COCCC[O-].COCCC[O-].[Mg+2]. The Hall–Kier alpha value is 0.606. The van der Waals surface area contributed by atoms with E-state index in [0.717, 1.165) is 0 Å². The van der Waals surface area contributed by atoms with Crippen molar-refractivity contribution < 1.29 is 19.7 Å². The molecule has 76 valence electrons. The molecule has 0 radical (unpaired) electrons. The van der Waals surface area contributed by atoms with E-state index in [1.54, 1.807) is 14.2 Å². The summed E-state index contributed by atoms with van der Waals surface area (Å²) >= 11 is 0. The fraction of sp³-hybridized carbons (Fsp3) is 1.00. The summed E-state index contributed by atoms with van der Waals surface area (Å²) in [6.07, 6.45) is 1.27. The zero-order valence-electron chi connectivity index (χ0n) is 8.58. The Balaban J connectivity index is -0.000000143. The van der Waals surface area contributed by atoms with Gasteiger partial charge in [-0.15, -0.1) is 13.2 Å². The number of ether oxygens (including phenoxy) is 2. The minimum absolute atomic E-state index is 0. The maximum absolute atomic E-state index is 9.61. The molecule has 0 aromatic heterocycles. The Morgan fingerprint density at radius 3 is 1.23 bits per heavy atom. The summed E-state index contributed by atoms with van der Waals surface area (Å²) in [5.41, 5.74) is 0. The Labute approximate surface area is 96.4 Å². The van der Waals surface area contributed by atoms with Crippen molar-refractivity contribution in [1.82, 2.24) is 0 Å². The van der Waals surface area contributed by atoms with E-state index in [2.05, 4.69) is 9.47 Å². The van der Waals surface area contributed by atoms with Gasteiger partial charge in [0.1, 0.15) is 0 Å². The molecule has 5 heteroatoms. The summed E-state index contributed by atoms with van der Waals surface area (Å²) < 4.78 is 9.16. The zero-order valence-corrected chi connectivity index (χ0v) is 10.00. The smallest absolute Gasteiger partial charge is 0.854 e. The van der Waals surface area contributed by atoms with Crippen molar-refractivity contribution in [1.29, 1.82) is 0 Å². The molecule has 0 N–H and O–H groups in total. The molecule has 0 aliphatic carbocycles. The van der Waals surface area contributed by atoms with Crippen LogP contribution >= 0.6 is 0 Å². The minimum atomic E-state index is -0.0200. The molecule has 0 aliphatic heterocycles. The van der Waals surface area contributed by atoms with Gasteiger partial charge in [0.25, 0.3) is 0 Å². The fourth-order valence-electron chi connectivity index (χ4n) is 0.407. The van der Waals surface area contributed by atoms with Gasteiger partial charge in [-0.2, -0.15) is 0 Å². The molecule has 0 saturated heterocycles. The first-order chi connectivity index (χ1) is 5.83. The Morgan fingerprint density at radius 2 is 1.15 bits per heavy atom. The molecular weight excluding hydrogens is 184 g/mol. The molecule has 0 fully saturated rings. The second-order valence-electron chi connectivity index (χ2n) is 2.10. The standard InChI is InChI=1S/2C4H9O2.Mg/c2*1-6-4-2-3-5;/h2*2-4H2,1H3;/q2*-1;+2. The Bertz CT molecular complexity index is 48.1. The predicted molar refractivity (Wildman–Crippen MR) is 48.5 cm³/mol. The summed E-state index contributed by atoms with van der Waals surface area (Å²) in [5, 5.41) is 19.2. The first-order valence-corrected chi connectivity index (χ1v) is 3.97. The average molecular weight is 203 g/mol. The molecular formula is C8H18MgO4. The molecule has 0 aromatic rings. The van der Waals surface area contributed by atoms with E-state index < -0.39 is 0 Å². The van der Waals surface area contributed by atoms with Crippen molar-refractivity contribution in [2.75, 3.05) is 40.6 Å². The Kier molecular flexibility index (Phi) is 33.9. The van der Waals surface area contributed by atoms with Gasteiger partial charge in [-0.1, -0.05) is 0 Å². The third-order valence-corrected chi connectivity index (χ3v) is 0.986. The normalized spacial score (nSPS) is 8.31. The van der Waals surface area contributed by atoms with Crippen molar-refractivity contribution >= 4 is 23.1 Å². The van der Waals surface area contributed by atoms with E-state index in [4.69, 9.17) is 0 Å². The maximum atomic E-state index is 9.61. The summed E-state index contributed by atoms with van der Waals surface area (Å²) in [6.45, 7) is 1.16. The van der Waals surface area contributed by atoms with E-state index in [0.29, 0.717) is 26.1 Å². The van der Waals surface area contributed by atoms with Crippen molar-refractivity contribution in [2.24, 2.45) is 0 Å². The number of hydrogen-bond acceptors (Lipinski definition) is 4. The van der Waals surface area contributed by atoms with Gasteiger partial charge in [-0.05, 0) is 12.8 Å². The second-order valence-corrected chi connectivity index (χ2v) is 2.10. The molecule has 0 bridgehead atoms. The molecule has 0 amide bonds. The monoisotopic (exact) mass is 202 g/mol. The predicted octanol–water partition coefficient (Wildman–Crippen LogP) is -1.61. The van der Waals surface area contributed by atoms with Gasteiger partial charge in [0.2, 0.25) is 0 Å². The van der Waals surface area contributed by atoms with Crippen LogP contribution in [0.1, 0.15) is 12.8 Å². The molecule has 0 spiro atoms. The summed E-state index contributed by atoms with van der Waals surface area (Å²) in [6, 6.07) is 0. The van der Waals surface area contributed by atoms with E-state index in [9.17, 15) is 10.2 Å². The molecule has 0 heterocycles. The Morgan fingerprint density at radius 1 is 0.846 bits per heavy atom. The van der Waals surface area contributed by atoms with Crippen molar-refractivity contribution in [3.05, 3.63) is 0 Å². The number of hydrogen-bond donors (Lipinski definition) is 0. The van der Waals surface area contributed by atoms with E-state index >= 15 is 0 Å². The van der Waals surface area contributed by atoms with Crippen LogP contribution in [-0.4, -0.2) is 63.7 Å². The van der Waals surface area contributed by atoms with E-state index in [1.165, 1.54) is 0 Å². The third-order valence-electron chi connectivity index (χ3n) is 0.986. The number of rotatable bonds is 6. The van der Waals surface area contributed by atoms with Crippen LogP contribution in [0.4, 0.5) is 0 Å². The van der Waals surface area contributed by atoms with Gasteiger partial charge in [0, 0.05) is 27.4 Å². The largest absolute Gasteiger partial charge is 2.00 e. The van der Waals surface area contributed by atoms with Crippen LogP contribution < -0.4 is 10.2 Å². The van der Waals surface area contributed by atoms with Gasteiger partial charge in [0.05, 0.1) is 0 Å². The first-order valence-electron chi connectivity index (χ1n) is 3.97. The van der Waals surface area contributed by atoms with Crippen LogP contribution in [0.2, 0.25) is 0 Å². The minimum Gasteiger partial charge on any atom is -0.854 e. The molecule has 0 aliphatic rings. The van der Waals surface area contributed by atoms with Crippen LogP contribution in [-0.2, 0) is 9.47 Å². The molecule has 0 rings (SSSR count). The molecule has 0 saturated carbocycles. The average Bonchev–Trinajstić information content (AvgIpc) is 2.12.